The van der Waals surface area contributed by atoms with Gasteiger partial charge in [-0.15, -0.1) is 11.3 Å². The molecule has 64 valence electrons. The van der Waals surface area contributed by atoms with Crippen LogP contribution >= 0.6 is 11.3 Å². The molecule has 0 aromatic carbocycles. The Morgan fingerprint density at radius 2 is 2.67 bits per heavy atom. The molecule has 0 unspecified atom stereocenters. The van der Waals surface area contributed by atoms with Gasteiger partial charge in [0.1, 0.15) is 0 Å². The third kappa shape index (κ3) is 2.71. The lowest BCUT2D eigenvalue weighted by Gasteiger charge is -1.93. The van der Waals surface area contributed by atoms with Crippen LogP contribution in [0.3, 0.4) is 0 Å². The average molecular weight is 184 g/mol. The number of thiophene rings is 1. The molecule has 12 heavy (non-hydrogen) atoms. The highest BCUT2D eigenvalue weighted by Gasteiger charge is 1.92. The lowest BCUT2D eigenvalue weighted by atomic mass is 10.5. The molecule has 0 bridgehead atoms. The van der Waals surface area contributed by atoms with Gasteiger partial charge in [0.05, 0.1) is 13.3 Å². The zero-order chi connectivity index (χ0) is 8.81. The van der Waals surface area contributed by atoms with Gasteiger partial charge in [0.15, 0.2) is 0 Å². The van der Waals surface area contributed by atoms with E-state index in [1.54, 1.807) is 17.6 Å². The van der Waals surface area contributed by atoms with Gasteiger partial charge in [-0.05, 0) is 11.4 Å². The molecule has 0 fully saturated rings. The zero-order valence-electron chi connectivity index (χ0n) is 6.48. The number of amides is 1. The summed E-state index contributed by atoms with van der Waals surface area (Å²) in [6, 6.07) is 3.80. The third-order valence-electron chi connectivity index (χ3n) is 1.08. The van der Waals surface area contributed by atoms with Crippen LogP contribution in [-0.2, 0) is 4.74 Å². The Labute approximate surface area is 73.9 Å². The van der Waals surface area contributed by atoms with Gasteiger partial charge in [-0.1, -0.05) is 6.07 Å². The fourth-order valence-corrected chi connectivity index (χ4v) is 1.14. The topological polar surface area (TPSA) is 50.7 Å². The van der Waals surface area contributed by atoms with E-state index in [9.17, 15) is 4.79 Å². The van der Waals surface area contributed by atoms with Crippen molar-refractivity contribution in [1.29, 1.82) is 0 Å². The molecule has 0 spiro atoms. The van der Waals surface area contributed by atoms with E-state index < -0.39 is 6.09 Å². The van der Waals surface area contributed by atoms with Crippen molar-refractivity contribution in [3.63, 3.8) is 0 Å². The Balaban J connectivity index is 2.37. The quantitative estimate of drug-likeness (QED) is 0.558. The lowest BCUT2D eigenvalue weighted by molar-refractivity contribution is 0.171. The molecule has 0 radical (unpaired) electrons. The normalized spacial score (nSPS) is 10.1. The van der Waals surface area contributed by atoms with E-state index in [-0.39, 0.29) is 0 Å². The van der Waals surface area contributed by atoms with Crippen LogP contribution in [0.4, 0.5) is 4.79 Å². The van der Waals surface area contributed by atoms with Crippen molar-refractivity contribution in [2.45, 2.75) is 0 Å². The summed E-state index contributed by atoms with van der Waals surface area (Å²) in [6.45, 7) is 0. The molecule has 0 aliphatic carbocycles. The van der Waals surface area contributed by atoms with Gasteiger partial charge >= 0.3 is 6.09 Å². The fourth-order valence-electron chi connectivity index (χ4n) is 0.559. The molecule has 0 aliphatic heterocycles. The Morgan fingerprint density at radius 3 is 3.25 bits per heavy atom. The number of rotatable bonds is 2. The molecular formula is C7H8N2O2S. The second kappa shape index (κ2) is 4.50. The summed E-state index contributed by atoms with van der Waals surface area (Å²) < 4.78 is 4.31. The summed E-state index contributed by atoms with van der Waals surface area (Å²) in [5.41, 5.74) is 2.19. The maximum absolute atomic E-state index is 10.5. The zero-order valence-corrected chi connectivity index (χ0v) is 7.30. The number of nitrogens with zero attached hydrogens (tertiary/aromatic N) is 1. The molecule has 1 heterocycles. The van der Waals surface area contributed by atoms with Crippen LogP contribution in [0.15, 0.2) is 22.6 Å². The number of ether oxygens (including phenoxy) is 1. The first-order chi connectivity index (χ1) is 5.83. The number of carbonyl (C=O) groups is 1. The third-order valence-corrected chi connectivity index (χ3v) is 1.88. The summed E-state index contributed by atoms with van der Waals surface area (Å²) in [5, 5.41) is 5.58. The maximum atomic E-state index is 10.5. The van der Waals surface area contributed by atoms with Crippen LogP contribution < -0.4 is 5.43 Å². The number of hydrazone groups is 1. The van der Waals surface area contributed by atoms with E-state index in [1.807, 2.05) is 17.5 Å². The Morgan fingerprint density at radius 1 is 1.83 bits per heavy atom. The fraction of sp³-hybridized carbons (Fsp3) is 0.143. The van der Waals surface area contributed by atoms with E-state index >= 15 is 0 Å². The summed E-state index contributed by atoms with van der Waals surface area (Å²) >= 11 is 1.54. The van der Waals surface area contributed by atoms with E-state index in [0.717, 1.165) is 4.88 Å². The van der Waals surface area contributed by atoms with Crippen molar-refractivity contribution >= 4 is 23.6 Å². The van der Waals surface area contributed by atoms with Gasteiger partial charge in [-0.25, -0.2) is 10.2 Å². The SMILES string of the molecule is COC(=O)NN=Cc1cccs1. The minimum absolute atomic E-state index is 0.567. The molecule has 1 amide bonds. The van der Waals surface area contributed by atoms with E-state index in [0.29, 0.717) is 0 Å². The van der Waals surface area contributed by atoms with Crippen LogP contribution in [-0.4, -0.2) is 19.4 Å². The monoisotopic (exact) mass is 184 g/mol. The summed E-state index contributed by atoms with van der Waals surface area (Å²) in [7, 11) is 1.29. The molecule has 5 heteroatoms. The predicted octanol–water partition coefficient (Wildman–Crippen LogP) is 1.44. The first-order valence-electron chi connectivity index (χ1n) is 3.23. The first kappa shape index (κ1) is 8.73. The second-order valence-corrected chi connectivity index (χ2v) is 2.86. The minimum Gasteiger partial charge on any atom is -0.452 e. The molecule has 0 aliphatic rings. The molecule has 0 saturated heterocycles. The molecule has 1 rings (SSSR count). The largest absolute Gasteiger partial charge is 0.452 e. The van der Waals surface area contributed by atoms with Gasteiger partial charge < -0.3 is 4.74 Å². The van der Waals surface area contributed by atoms with Crippen LogP contribution in [0.2, 0.25) is 0 Å². The predicted molar refractivity (Wildman–Crippen MR) is 47.5 cm³/mol. The number of carbonyl (C=O) groups excluding carboxylic acids is 1. The van der Waals surface area contributed by atoms with E-state index in [2.05, 4.69) is 15.3 Å². The summed E-state index contributed by atoms with van der Waals surface area (Å²) in [5.74, 6) is 0. The average Bonchev–Trinajstić information content (AvgIpc) is 2.57. The molecule has 0 atom stereocenters. The van der Waals surface area contributed by atoms with Crippen molar-refractivity contribution < 1.29 is 9.53 Å². The highest BCUT2D eigenvalue weighted by molar-refractivity contribution is 7.11. The molecule has 1 N–H and O–H groups in total. The highest BCUT2D eigenvalue weighted by Crippen LogP contribution is 2.03. The van der Waals surface area contributed by atoms with Gasteiger partial charge in [-0.3, -0.25) is 0 Å². The number of hydrogen-bond acceptors (Lipinski definition) is 4. The number of nitrogens with one attached hydrogen (secondary N) is 1. The summed E-state index contributed by atoms with van der Waals surface area (Å²) in [4.78, 5) is 11.5. The van der Waals surface area contributed by atoms with Crippen LogP contribution in [0.25, 0.3) is 0 Å². The Bertz CT molecular complexity index is 269. The molecule has 1 aromatic rings. The minimum atomic E-state index is -0.567. The van der Waals surface area contributed by atoms with Gasteiger partial charge in [0, 0.05) is 4.88 Å². The Hall–Kier alpha value is -1.36. The second-order valence-electron chi connectivity index (χ2n) is 1.88. The number of hydrogen-bond donors (Lipinski definition) is 1. The van der Waals surface area contributed by atoms with Gasteiger partial charge in [-0.2, -0.15) is 5.10 Å². The summed E-state index contributed by atoms with van der Waals surface area (Å²) in [6.07, 6.45) is 0.990. The molecular weight excluding hydrogens is 176 g/mol. The number of methoxy groups -OCH3 is 1. The van der Waals surface area contributed by atoms with Crippen LogP contribution in [0.5, 0.6) is 0 Å². The van der Waals surface area contributed by atoms with Crippen LogP contribution in [0, 0.1) is 0 Å². The first-order valence-corrected chi connectivity index (χ1v) is 4.11. The maximum Gasteiger partial charge on any atom is 0.427 e. The standard InChI is InChI=1S/C7H8N2O2S/c1-11-7(10)9-8-5-6-3-2-4-12-6/h2-5H,1H3,(H,9,10). The van der Waals surface area contributed by atoms with Gasteiger partial charge in [0.25, 0.3) is 0 Å². The van der Waals surface area contributed by atoms with Crippen LogP contribution in [0.1, 0.15) is 4.88 Å². The van der Waals surface area contributed by atoms with Crippen molar-refractivity contribution in [3.05, 3.63) is 22.4 Å². The smallest absolute Gasteiger partial charge is 0.427 e. The van der Waals surface area contributed by atoms with Crippen molar-refractivity contribution in [2.24, 2.45) is 5.10 Å². The van der Waals surface area contributed by atoms with E-state index in [4.69, 9.17) is 0 Å². The van der Waals surface area contributed by atoms with Gasteiger partial charge in [0.2, 0.25) is 0 Å². The van der Waals surface area contributed by atoms with E-state index in [1.165, 1.54) is 7.11 Å². The molecule has 0 saturated carbocycles. The molecule has 1 aromatic heterocycles. The molecule has 4 nitrogen and oxygen atoms in total. The Kier molecular flexibility index (Phi) is 3.28. The van der Waals surface area contributed by atoms with Crippen molar-refractivity contribution in [3.8, 4) is 0 Å². The lowest BCUT2D eigenvalue weighted by Crippen LogP contribution is -2.16. The highest BCUT2D eigenvalue weighted by atomic mass is 32.1. The van der Waals surface area contributed by atoms with Crippen molar-refractivity contribution in [2.75, 3.05) is 7.11 Å². The van der Waals surface area contributed by atoms with Crippen molar-refractivity contribution in [1.82, 2.24) is 5.43 Å².